The maximum atomic E-state index is 10.6. The van der Waals surface area contributed by atoms with Crippen LogP contribution >= 0.6 is 0 Å². The van der Waals surface area contributed by atoms with Gasteiger partial charge in [0.15, 0.2) is 5.82 Å². The van der Waals surface area contributed by atoms with Gasteiger partial charge in [0.1, 0.15) is 23.7 Å². The first-order chi connectivity index (χ1) is 8.13. The van der Waals surface area contributed by atoms with E-state index >= 15 is 0 Å². The highest BCUT2D eigenvalue weighted by molar-refractivity contribution is 5.49. The third-order valence-electron chi connectivity index (χ3n) is 2.24. The predicted molar refractivity (Wildman–Crippen MR) is 57.5 cm³/mol. The Morgan fingerprint density at radius 1 is 1.53 bits per heavy atom. The summed E-state index contributed by atoms with van der Waals surface area (Å²) in [5.74, 6) is 0.996. The molecule has 0 aliphatic heterocycles. The van der Waals surface area contributed by atoms with Crippen LogP contribution in [0.2, 0.25) is 0 Å². The van der Waals surface area contributed by atoms with Crippen molar-refractivity contribution in [1.82, 2.24) is 14.5 Å². The van der Waals surface area contributed by atoms with Crippen molar-refractivity contribution in [3.8, 4) is 11.9 Å². The molecule has 0 radical (unpaired) electrons. The van der Waals surface area contributed by atoms with Crippen LogP contribution in [0.4, 0.5) is 5.69 Å². The molecule has 2 aromatic rings. The highest BCUT2D eigenvalue weighted by Crippen LogP contribution is 2.18. The number of rotatable bonds is 2. The second-order valence-electron chi connectivity index (χ2n) is 3.28. The molecule has 0 amide bonds. The number of hydrogen-bond donors (Lipinski definition) is 0. The Morgan fingerprint density at radius 2 is 2.29 bits per heavy atom. The molecule has 2 rings (SSSR count). The first-order valence-electron chi connectivity index (χ1n) is 4.68. The summed E-state index contributed by atoms with van der Waals surface area (Å²) in [6.45, 7) is 1.75. The number of nitriles is 1. The minimum absolute atomic E-state index is 0.139. The third-order valence-corrected chi connectivity index (χ3v) is 2.24. The average Bonchev–Trinajstić information content (AvgIpc) is 2.74. The molecule has 17 heavy (non-hydrogen) atoms. The van der Waals surface area contributed by atoms with Crippen molar-refractivity contribution in [2.45, 2.75) is 6.92 Å². The molecule has 0 spiro atoms. The van der Waals surface area contributed by atoms with E-state index in [-0.39, 0.29) is 11.3 Å². The van der Waals surface area contributed by atoms with E-state index in [4.69, 9.17) is 5.26 Å². The molecule has 0 fully saturated rings. The standard InChI is InChI=1S/C10H7N5O2/c1-7-12-2-3-14(7)10-8(5-11)4-9(6-13-10)15(16)17/h2-4,6H,1H3. The SMILES string of the molecule is Cc1nccn1-c1ncc([N+](=O)[O-])cc1C#N. The van der Waals surface area contributed by atoms with Crippen LogP contribution in [0, 0.1) is 28.4 Å². The van der Waals surface area contributed by atoms with Crippen molar-refractivity contribution in [1.29, 1.82) is 5.26 Å². The van der Waals surface area contributed by atoms with Gasteiger partial charge in [0.05, 0.1) is 4.92 Å². The third kappa shape index (κ3) is 1.83. The second kappa shape index (κ2) is 4.02. The summed E-state index contributed by atoms with van der Waals surface area (Å²) in [5, 5.41) is 19.5. The summed E-state index contributed by atoms with van der Waals surface area (Å²) in [7, 11) is 0. The lowest BCUT2D eigenvalue weighted by molar-refractivity contribution is -0.385. The van der Waals surface area contributed by atoms with E-state index in [2.05, 4.69) is 9.97 Å². The van der Waals surface area contributed by atoms with Gasteiger partial charge in [0, 0.05) is 18.5 Å². The highest BCUT2D eigenvalue weighted by Gasteiger charge is 2.14. The van der Waals surface area contributed by atoms with Gasteiger partial charge in [-0.05, 0) is 6.92 Å². The van der Waals surface area contributed by atoms with Crippen LogP contribution in [0.3, 0.4) is 0 Å². The summed E-state index contributed by atoms with van der Waals surface area (Å²) in [5.41, 5.74) is -0.0663. The molecule has 2 heterocycles. The van der Waals surface area contributed by atoms with E-state index in [0.29, 0.717) is 11.6 Å². The van der Waals surface area contributed by atoms with E-state index in [1.165, 1.54) is 6.07 Å². The largest absolute Gasteiger partial charge is 0.289 e. The quantitative estimate of drug-likeness (QED) is 0.571. The molecule has 84 valence electrons. The number of aryl methyl sites for hydroxylation is 1. The Morgan fingerprint density at radius 3 is 2.82 bits per heavy atom. The van der Waals surface area contributed by atoms with Crippen molar-refractivity contribution in [3.63, 3.8) is 0 Å². The minimum atomic E-state index is -0.585. The van der Waals surface area contributed by atoms with Crippen LogP contribution in [0.25, 0.3) is 5.82 Å². The van der Waals surface area contributed by atoms with Gasteiger partial charge in [0.2, 0.25) is 0 Å². The van der Waals surface area contributed by atoms with E-state index in [0.717, 1.165) is 6.20 Å². The van der Waals surface area contributed by atoms with Gasteiger partial charge in [-0.15, -0.1) is 0 Å². The van der Waals surface area contributed by atoms with E-state index < -0.39 is 4.92 Å². The van der Waals surface area contributed by atoms with Crippen molar-refractivity contribution in [3.05, 3.63) is 46.2 Å². The van der Waals surface area contributed by atoms with Crippen LogP contribution in [0.1, 0.15) is 11.4 Å². The summed E-state index contributed by atoms with van der Waals surface area (Å²) < 4.78 is 1.60. The molecule has 7 heteroatoms. The number of imidazole rings is 1. The zero-order valence-electron chi connectivity index (χ0n) is 8.86. The van der Waals surface area contributed by atoms with Gasteiger partial charge in [-0.1, -0.05) is 0 Å². The van der Waals surface area contributed by atoms with Crippen molar-refractivity contribution >= 4 is 5.69 Å². The number of nitrogens with zero attached hydrogens (tertiary/aromatic N) is 5. The van der Waals surface area contributed by atoms with E-state index in [1.807, 2.05) is 6.07 Å². The molecule has 0 aliphatic carbocycles. The fourth-order valence-electron chi connectivity index (χ4n) is 1.42. The van der Waals surface area contributed by atoms with Crippen molar-refractivity contribution < 1.29 is 4.92 Å². The highest BCUT2D eigenvalue weighted by atomic mass is 16.6. The lowest BCUT2D eigenvalue weighted by Gasteiger charge is -2.05. The van der Waals surface area contributed by atoms with Crippen LogP contribution in [0.15, 0.2) is 24.7 Å². The number of nitro groups is 1. The number of pyridine rings is 1. The summed E-state index contributed by atoms with van der Waals surface area (Å²) in [6, 6.07) is 3.09. The molecule has 0 bridgehead atoms. The number of aromatic nitrogens is 3. The van der Waals surface area contributed by atoms with Gasteiger partial charge in [-0.25, -0.2) is 9.97 Å². The fraction of sp³-hybridized carbons (Fsp3) is 0.100. The predicted octanol–water partition coefficient (Wildman–Crippen LogP) is 1.36. The Kier molecular flexibility index (Phi) is 2.54. The summed E-state index contributed by atoms with van der Waals surface area (Å²) >= 11 is 0. The van der Waals surface area contributed by atoms with Crippen LogP contribution in [-0.4, -0.2) is 19.5 Å². The maximum Gasteiger partial charge on any atom is 0.289 e. The first-order valence-corrected chi connectivity index (χ1v) is 4.68. The summed E-state index contributed by atoms with van der Waals surface area (Å²) in [6.07, 6.45) is 4.33. The zero-order valence-corrected chi connectivity index (χ0v) is 8.86. The second-order valence-corrected chi connectivity index (χ2v) is 3.28. The minimum Gasteiger partial charge on any atom is -0.287 e. The lowest BCUT2D eigenvalue weighted by Crippen LogP contribution is -2.03. The van der Waals surface area contributed by atoms with Gasteiger partial charge >= 0.3 is 0 Å². The van der Waals surface area contributed by atoms with Crippen molar-refractivity contribution in [2.24, 2.45) is 0 Å². The van der Waals surface area contributed by atoms with Gasteiger partial charge in [0.25, 0.3) is 5.69 Å². The average molecular weight is 229 g/mol. The molecule has 0 aromatic carbocycles. The lowest BCUT2D eigenvalue weighted by atomic mass is 10.2. The monoisotopic (exact) mass is 229 g/mol. The van der Waals surface area contributed by atoms with E-state index in [9.17, 15) is 10.1 Å². The molecular weight excluding hydrogens is 222 g/mol. The Hall–Kier alpha value is -2.75. The molecule has 0 N–H and O–H groups in total. The fourth-order valence-corrected chi connectivity index (χ4v) is 1.42. The van der Waals surface area contributed by atoms with Gasteiger partial charge in [-0.3, -0.25) is 14.7 Å². The Bertz CT molecular complexity index is 626. The topological polar surface area (TPSA) is 97.6 Å². The van der Waals surface area contributed by atoms with Gasteiger partial charge < -0.3 is 0 Å². The van der Waals surface area contributed by atoms with Crippen LogP contribution < -0.4 is 0 Å². The van der Waals surface area contributed by atoms with Crippen molar-refractivity contribution in [2.75, 3.05) is 0 Å². The van der Waals surface area contributed by atoms with E-state index in [1.54, 1.807) is 23.9 Å². The Labute approximate surface area is 96.1 Å². The molecule has 2 aromatic heterocycles. The molecule has 0 saturated heterocycles. The zero-order chi connectivity index (χ0) is 12.4. The van der Waals surface area contributed by atoms with Crippen LogP contribution in [-0.2, 0) is 0 Å². The Balaban J connectivity index is 2.61. The normalized spacial score (nSPS) is 9.88. The molecule has 0 aliphatic rings. The smallest absolute Gasteiger partial charge is 0.287 e. The maximum absolute atomic E-state index is 10.6. The van der Waals surface area contributed by atoms with Gasteiger partial charge in [-0.2, -0.15) is 5.26 Å². The molecule has 0 saturated carbocycles. The first kappa shape index (κ1) is 10.8. The molecular formula is C10H7N5O2. The number of hydrogen-bond acceptors (Lipinski definition) is 5. The van der Waals surface area contributed by atoms with Crippen LogP contribution in [0.5, 0.6) is 0 Å². The molecule has 0 atom stereocenters. The molecule has 0 unspecified atom stereocenters. The summed E-state index contributed by atoms with van der Waals surface area (Å²) in [4.78, 5) is 17.9. The molecule has 7 nitrogen and oxygen atoms in total.